The van der Waals surface area contributed by atoms with Crippen molar-refractivity contribution < 1.29 is 30.3 Å². The molecule has 15 heavy (non-hydrogen) atoms. The lowest BCUT2D eigenvalue weighted by atomic mass is 9.97. The Balaban J connectivity index is 4.42. The molecule has 0 bridgehead atoms. The number of hydrogen-bond acceptors (Lipinski definition) is 7. The number of Topliss-reactive ketones (excluding diaryl/α,β-unsaturated/α-hetero) is 1. The van der Waals surface area contributed by atoms with E-state index < -0.39 is 36.3 Å². The number of ketones is 1. The Kier molecular flexibility index (Phi) is 5.88. The van der Waals surface area contributed by atoms with E-state index in [0.29, 0.717) is 0 Å². The lowest BCUT2D eigenvalue weighted by Gasteiger charge is -2.27. The van der Waals surface area contributed by atoms with E-state index in [2.05, 4.69) is 0 Å². The summed E-state index contributed by atoms with van der Waals surface area (Å²) in [5.41, 5.74) is 5.01. The standard InChI is InChI=1S/C8H17NO6/c1-3(10)5(12)7(14)8(15)6(13)4(11)2-9/h4-8,11-15H,2,9H2,1H3/t4-,5?,6+,7+,8-/m0/s1. The van der Waals surface area contributed by atoms with E-state index in [-0.39, 0.29) is 6.54 Å². The first-order valence-electron chi connectivity index (χ1n) is 4.43. The second-order valence-electron chi connectivity index (χ2n) is 3.33. The monoisotopic (exact) mass is 223 g/mol. The van der Waals surface area contributed by atoms with Crippen molar-refractivity contribution in [3.05, 3.63) is 0 Å². The van der Waals surface area contributed by atoms with Gasteiger partial charge in [-0.3, -0.25) is 4.79 Å². The molecule has 0 aromatic heterocycles. The molecule has 7 nitrogen and oxygen atoms in total. The highest BCUT2D eigenvalue weighted by Crippen LogP contribution is 2.08. The molecule has 0 amide bonds. The molecule has 7 heteroatoms. The van der Waals surface area contributed by atoms with E-state index >= 15 is 0 Å². The van der Waals surface area contributed by atoms with Gasteiger partial charge in [0.25, 0.3) is 0 Å². The lowest BCUT2D eigenvalue weighted by Crippen LogP contribution is -2.52. The van der Waals surface area contributed by atoms with Gasteiger partial charge in [-0.2, -0.15) is 0 Å². The van der Waals surface area contributed by atoms with Gasteiger partial charge in [0, 0.05) is 6.54 Å². The van der Waals surface area contributed by atoms with E-state index in [1.807, 2.05) is 0 Å². The number of carbonyl (C=O) groups excluding carboxylic acids is 1. The van der Waals surface area contributed by atoms with Crippen molar-refractivity contribution in [1.82, 2.24) is 0 Å². The largest absolute Gasteiger partial charge is 0.389 e. The van der Waals surface area contributed by atoms with Crippen LogP contribution in [0.4, 0.5) is 0 Å². The third kappa shape index (κ3) is 3.82. The maximum atomic E-state index is 10.7. The molecular weight excluding hydrogens is 206 g/mol. The number of carbonyl (C=O) groups is 1. The molecule has 0 aliphatic heterocycles. The quantitative estimate of drug-likeness (QED) is 0.272. The fourth-order valence-electron chi connectivity index (χ4n) is 0.996. The fraction of sp³-hybridized carbons (Fsp3) is 0.875. The molecule has 5 atom stereocenters. The second kappa shape index (κ2) is 6.11. The first-order chi connectivity index (χ1) is 6.82. The van der Waals surface area contributed by atoms with Gasteiger partial charge in [0.05, 0.1) is 6.10 Å². The van der Waals surface area contributed by atoms with Gasteiger partial charge in [0.15, 0.2) is 5.78 Å². The predicted octanol–water partition coefficient (Wildman–Crippen LogP) is -3.66. The van der Waals surface area contributed by atoms with E-state index in [0.717, 1.165) is 6.92 Å². The summed E-state index contributed by atoms with van der Waals surface area (Å²) in [7, 11) is 0. The topological polar surface area (TPSA) is 144 Å². The van der Waals surface area contributed by atoms with Gasteiger partial charge in [-0.25, -0.2) is 0 Å². The molecule has 90 valence electrons. The number of aliphatic hydroxyl groups excluding tert-OH is 5. The molecule has 0 aromatic rings. The van der Waals surface area contributed by atoms with Crippen LogP contribution in [0.1, 0.15) is 6.92 Å². The summed E-state index contributed by atoms with van der Waals surface area (Å²) in [4.78, 5) is 10.7. The number of aliphatic hydroxyl groups is 5. The third-order valence-electron chi connectivity index (χ3n) is 2.08. The van der Waals surface area contributed by atoms with Crippen LogP contribution in [0, 0.1) is 0 Å². The summed E-state index contributed by atoms with van der Waals surface area (Å²) in [6.45, 7) is 0.702. The zero-order valence-electron chi connectivity index (χ0n) is 8.32. The van der Waals surface area contributed by atoms with E-state index in [1.165, 1.54) is 0 Å². The van der Waals surface area contributed by atoms with Crippen molar-refractivity contribution in [3.63, 3.8) is 0 Å². The second-order valence-corrected chi connectivity index (χ2v) is 3.33. The number of rotatable bonds is 6. The van der Waals surface area contributed by atoms with E-state index in [9.17, 15) is 20.1 Å². The van der Waals surface area contributed by atoms with Crippen molar-refractivity contribution >= 4 is 5.78 Å². The van der Waals surface area contributed by atoms with Crippen LogP contribution in [0.3, 0.4) is 0 Å². The van der Waals surface area contributed by atoms with Crippen LogP contribution < -0.4 is 5.73 Å². The summed E-state index contributed by atoms with van der Waals surface area (Å²) in [6.07, 6.45) is -8.67. The summed E-state index contributed by atoms with van der Waals surface area (Å²) in [6, 6.07) is 0. The molecule has 0 rings (SSSR count). The Morgan fingerprint density at radius 3 is 1.87 bits per heavy atom. The fourth-order valence-corrected chi connectivity index (χ4v) is 0.996. The molecule has 0 saturated carbocycles. The van der Waals surface area contributed by atoms with Gasteiger partial charge >= 0.3 is 0 Å². The molecule has 0 heterocycles. The molecule has 0 radical (unpaired) electrons. The Bertz CT molecular complexity index is 211. The van der Waals surface area contributed by atoms with Crippen molar-refractivity contribution in [2.24, 2.45) is 5.73 Å². The smallest absolute Gasteiger partial charge is 0.160 e. The zero-order valence-corrected chi connectivity index (χ0v) is 8.32. The molecule has 0 aliphatic rings. The molecule has 7 N–H and O–H groups in total. The molecule has 0 saturated heterocycles. The molecule has 0 aromatic carbocycles. The summed E-state index contributed by atoms with van der Waals surface area (Å²) in [5.74, 6) is -0.754. The average molecular weight is 223 g/mol. The van der Waals surface area contributed by atoms with Gasteiger partial charge in [0.1, 0.15) is 24.4 Å². The van der Waals surface area contributed by atoms with E-state index in [1.54, 1.807) is 0 Å². The number of nitrogens with two attached hydrogens (primary N) is 1. The van der Waals surface area contributed by atoms with Crippen LogP contribution in [0.2, 0.25) is 0 Å². The zero-order chi connectivity index (χ0) is 12.2. The number of hydrogen-bond donors (Lipinski definition) is 6. The summed E-state index contributed by atoms with van der Waals surface area (Å²) in [5, 5.41) is 45.9. The first kappa shape index (κ1) is 14.4. The van der Waals surface area contributed by atoms with E-state index in [4.69, 9.17) is 15.9 Å². The van der Waals surface area contributed by atoms with Crippen LogP contribution in [0.5, 0.6) is 0 Å². The summed E-state index contributed by atoms with van der Waals surface area (Å²) < 4.78 is 0. The van der Waals surface area contributed by atoms with Gasteiger partial charge in [-0.05, 0) is 6.92 Å². The van der Waals surface area contributed by atoms with Crippen molar-refractivity contribution in [2.75, 3.05) is 6.54 Å². The van der Waals surface area contributed by atoms with Gasteiger partial charge in [-0.1, -0.05) is 0 Å². The highest BCUT2D eigenvalue weighted by Gasteiger charge is 2.35. The van der Waals surface area contributed by atoms with Gasteiger partial charge in [-0.15, -0.1) is 0 Å². The molecule has 0 aliphatic carbocycles. The van der Waals surface area contributed by atoms with Crippen molar-refractivity contribution in [2.45, 2.75) is 37.4 Å². The van der Waals surface area contributed by atoms with Crippen molar-refractivity contribution in [1.29, 1.82) is 0 Å². The van der Waals surface area contributed by atoms with Crippen LogP contribution in [-0.2, 0) is 4.79 Å². The molecule has 1 unspecified atom stereocenters. The minimum atomic E-state index is -1.86. The third-order valence-corrected chi connectivity index (χ3v) is 2.08. The average Bonchev–Trinajstić information content (AvgIpc) is 2.23. The van der Waals surface area contributed by atoms with Crippen molar-refractivity contribution in [3.8, 4) is 0 Å². The minimum Gasteiger partial charge on any atom is -0.389 e. The molecule has 0 fully saturated rings. The normalized spacial score (nSPS) is 21.5. The predicted molar refractivity (Wildman–Crippen MR) is 49.8 cm³/mol. The minimum absolute atomic E-state index is 0.318. The highest BCUT2D eigenvalue weighted by molar-refractivity contribution is 5.80. The SMILES string of the molecule is CC(=O)C(O)[C@@H](O)[C@@H](O)[C@H](O)[C@@H](O)CN. The van der Waals surface area contributed by atoms with Crippen LogP contribution in [0.15, 0.2) is 0 Å². The Labute approximate surface area is 86.8 Å². The lowest BCUT2D eigenvalue weighted by molar-refractivity contribution is -0.150. The van der Waals surface area contributed by atoms with Gasteiger partial charge < -0.3 is 31.3 Å². The first-order valence-corrected chi connectivity index (χ1v) is 4.43. The highest BCUT2D eigenvalue weighted by atomic mass is 16.4. The van der Waals surface area contributed by atoms with Gasteiger partial charge in [0.2, 0.25) is 0 Å². The van der Waals surface area contributed by atoms with Crippen LogP contribution >= 0.6 is 0 Å². The summed E-state index contributed by atoms with van der Waals surface area (Å²) >= 11 is 0. The maximum absolute atomic E-state index is 10.7. The molecular formula is C8H17NO6. The molecule has 0 spiro atoms. The Hall–Kier alpha value is -0.570. The Morgan fingerprint density at radius 1 is 1.07 bits per heavy atom. The Morgan fingerprint density at radius 2 is 1.53 bits per heavy atom. The van der Waals surface area contributed by atoms with Crippen LogP contribution in [-0.4, -0.2) is 68.4 Å². The maximum Gasteiger partial charge on any atom is 0.160 e. The van der Waals surface area contributed by atoms with Crippen LogP contribution in [0.25, 0.3) is 0 Å².